The summed E-state index contributed by atoms with van der Waals surface area (Å²) in [6.45, 7) is 11.1. The van der Waals surface area contributed by atoms with Crippen molar-refractivity contribution < 1.29 is 4.74 Å². The Morgan fingerprint density at radius 3 is 2.35 bits per heavy atom. The Hall–Kier alpha value is -0.120. The number of hydrogen-bond donors (Lipinski definition) is 2. The summed E-state index contributed by atoms with van der Waals surface area (Å²) in [4.78, 5) is 0. The van der Waals surface area contributed by atoms with Crippen molar-refractivity contribution in [3.05, 3.63) is 0 Å². The van der Waals surface area contributed by atoms with Crippen LogP contribution in [0.15, 0.2) is 0 Å². The van der Waals surface area contributed by atoms with Crippen molar-refractivity contribution in [2.75, 3.05) is 13.2 Å². The van der Waals surface area contributed by atoms with E-state index in [1.54, 1.807) is 0 Å². The van der Waals surface area contributed by atoms with Crippen molar-refractivity contribution >= 4 is 0 Å². The number of ether oxygens (including phenoxy) is 1. The van der Waals surface area contributed by atoms with Gasteiger partial charge < -0.3 is 4.74 Å². The van der Waals surface area contributed by atoms with Crippen LogP contribution in [0.4, 0.5) is 0 Å². The Bertz CT molecular complexity index is 207. The fraction of sp³-hybridized carbons (Fsp3) is 1.00. The van der Waals surface area contributed by atoms with Crippen molar-refractivity contribution in [1.29, 1.82) is 0 Å². The molecule has 0 saturated carbocycles. The lowest BCUT2D eigenvalue weighted by atomic mass is 9.77. The minimum Gasteiger partial charge on any atom is -0.381 e. The maximum atomic E-state index is 5.70. The van der Waals surface area contributed by atoms with Gasteiger partial charge in [0, 0.05) is 19.3 Å². The van der Waals surface area contributed by atoms with Crippen LogP contribution in [0.1, 0.15) is 53.4 Å². The third-order valence-electron chi connectivity index (χ3n) is 4.31. The number of rotatable bonds is 5. The molecule has 0 spiro atoms. The molecule has 102 valence electrons. The molecule has 17 heavy (non-hydrogen) atoms. The minimum absolute atomic E-state index is 0.366. The summed E-state index contributed by atoms with van der Waals surface area (Å²) in [7, 11) is 0. The molecular formula is C14H30N2O. The molecule has 1 fully saturated rings. The maximum absolute atomic E-state index is 5.70. The molecule has 0 aromatic rings. The van der Waals surface area contributed by atoms with Gasteiger partial charge in [-0.05, 0) is 42.9 Å². The molecule has 2 unspecified atom stereocenters. The van der Waals surface area contributed by atoms with Crippen LogP contribution < -0.4 is 11.3 Å². The zero-order valence-electron chi connectivity index (χ0n) is 12.0. The third kappa shape index (κ3) is 5.36. The van der Waals surface area contributed by atoms with Crippen LogP contribution in [0.3, 0.4) is 0 Å². The lowest BCUT2D eigenvalue weighted by molar-refractivity contribution is 0.0584. The van der Waals surface area contributed by atoms with Gasteiger partial charge in [0.15, 0.2) is 0 Å². The Morgan fingerprint density at radius 1 is 1.29 bits per heavy atom. The summed E-state index contributed by atoms with van der Waals surface area (Å²) < 4.78 is 5.40. The van der Waals surface area contributed by atoms with E-state index in [1.165, 1.54) is 19.3 Å². The van der Waals surface area contributed by atoms with E-state index in [4.69, 9.17) is 10.6 Å². The molecule has 1 aliphatic heterocycles. The van der Waals surface area contributed by atoms with Crippen LogP contribution >= 0.6 is 0 Å². The van der Waals surface area contributed by atoms with Crippen molar-refractivity contribution in [3.63, 3.8) is 0 Å². The average Bonchev–Trinajstić information content (AvgIpc) is 2.28. The number of nitrogens with two attached hydrogens (primary N) is 1. The molecule has 0 radical (unpaired) electrons. The van der Waals surface area contributed by atoms with Crippen LogP contribution in [0, 0.1) is 17.3 Å². The molecule has 1 aliphatic rings. The van der Waals surface area contributed by atoms with E-state index >= 15 is 0 Å². The Balaban J connectivity index is 2.37. The zero-order chi connectivity index (χ0) is 12.9. The lowest BCUT2D eigenvalue weighted by Gasteiger charge is -2.32. The molecule has 0 aliphatic carbocycles. The smallest absolute Gasteiger partial charge is 0.0468 e. The second kappa shape index (κ2) is 6.72. The summed E-state index contributed by atoms with van der Waals surface area (Å²) >= 11 is 0. The Labute approximate surface area is 106 Å². The van der Waals surface area contributed by atoms with E-state index in [-0.39, 0.29) is 0 Å². The van der Waals surface area contributed by atoms with E-state index < -0.39 is 0 Å². The summed E-state index contributed by atoms with van der Waals surface area (Å²) in [5, 5.41) is 0. The molecule has 3 N–H and O–H groups in total. The molecular weight excluding hydrogens is 212 g/mol. The van der Waals surface area contributed by atoms with Crippen molar-refractivity contribution in [1.82, 2.24) is 5.43 Å². The highest BCUT2D eigenvalue weighted by Gasteiger charge is 2.25. The monoisotopic (exact) mass is 242 g/mol. The zero-order valence-corrected chi connectivity index (χ0v) is 12.0. The molecule has 0 aromatic carbocycles. The van der Waals surface area contributed by atoms with Gasteiger partial charge in [0.2, 0.25) is 0 Å². The topological polar surface area (TPSA) is 47.3 Å². The van der Waals surface area contributed by atoms with E-state index in [1.807, 2.05) is 0 Å². The van der Waals surface area contributed by atoms with Gasteiger partial charge >= 0.3 is 0 Å². The largest absolute Gasteiger partial charge is 0.381 e. The van der Waals surface area contributed by atoms with Crippen LogP contribution in [0.2, 0.25) is 0 Å². The molecule has 2 atom stereocenters. The quantitative estimate of drug-likeness (QED) is 0.575. The highest BCUT2D eigenvalue weighted by Crippen LogP contribution is 2.31. The minimum atomic E-state index is 0.366. The number of nitrogens with one attached hydrogen (secondary N) is 1. The van der Waals surface area contributed by atoms with Crippen LogP contribution in [-0.2, 0) is 4.74 Å². The van der Waals surface area contributed by atoms with Gasteiger partial charge in [0.05, 0.1) is 0 Å². The normalized spacial score (nSPS) is 22.4. The van der Waals surface area contributed by atoms with E-state index in [2.05, 4.69) is 33.1 Å². The first kappa shape index (κ1) is 14.9. The second-order valence-corrected chi connectivity index (χ2v) is 6.66. The Kier molecular flexibility index (Phi) is 5.90. The van der Waals surface area contributed by atoms with E-state index in [0.717, 1.165) is 25.6 Å². The molecule has 3 heteroatoms. The first-order valence-corrected chi connectivity index (χ1v) is 6.97. The molecule has 0 aromatic heterocycles. The highest BCUT2D eigenvalue weighted by atomic mass is 16.5. The van der Waals surface area contributed by atoms with Crippen LogP contribution in [-0.4, -0.2) is 19.3 Å². The fourth-order valence-corrected chi connectivity index (χ4v) is 2.40. The van der Waals surface area contributed by atoms with Crippen molar-refractivity contribution in [3.8, 4) is 0 Å². The van der Waals surface area contributed by atoms with Gasteiger partial charge in [0.1, 0.15) is 0 Å². The van der Waals surface area contributed by atoms with Gasteiger partial charge in [-0.25, -0.2) is 0 Å². The molecule has 0 bridgehead atoms. The Morgan fingerprint density at radius 2 is 1.88 bits per heavy atom. The predicted octanol–water partition coefficient (Wildman–Crippen LogP) is 2.71. The molecule has 1 rings (SSSR count). The average molecular weight is 242 g/mol. The summed E-state index contributed by atoms with van der Waals surface area (Å²) in [6.07, 6.45) is 4.75. The second-order valence-electron chi connectivity index (χ2n) is 6.66. The molecule has 0 amide bonds. The van der Waals surface area contributed by atoms with Gasteiger partial charge in [-0.15, -0.1) is 0 Å². The lowest BCUT2D eigenvalue weighted by Crippen LogP contribution is -2.40. The van der Waals surface area contributed by atoms with Gasteiger partial charge in [0.25, 0.3) is 0 Å². The third-order valence-corrected chi connectivity index (χ3v) is 4.31. The summed E-state index contributed by atoms with van der Waals surface area (Å²) in [5.74, 6) is 7.17. The predicted molar refractivity (Wildman–Crippen MR) is 72.5 cm³/mol. The maximum Gasteiger partial charge on any atom is 0.0468 e. The van der Waals surface area contributed by atoms with Crippen LogP contribution in [0.5, 0.6) is 0 Å². The molecule has 1 heterocycles. The van der Waals surface area contributed by atoms with Gasteiger partial charge in [-0.1, -0.05) is 27.7 Å². The first-order valence-electron chi connectivity index (χ1n) is 6.97. The number of hydrazine groups is 1. The summed E-state index contributed by atoms with van der Waals surface area (Å²) in [5.41, 5.74) is 3.38. The van der Waals surface area contributed by atoms with Crippen molar-refractivity contribution in [2.45, 2.75) is 59.4 Å². The van der Waals surface area contributed by atoms with Gasteiger partial charge in [-0.2, -0.15) is 0 Å². The fourth-order valence-electron chi connectivity index (χ4n) is 2.40. The SMILES string of the molecule is CC(CC(CC1CCOCC1)NN)C(C)(C)C. The van der Waals surface area contributed by atoms with E-state index in [9.17, 15) is 0 Å². The summed E-state index contributed by atoms with van der Waals surface area (Å²) in [6, 6.07) is 0.451. The highest BCUT2D eigenvalue weighted by molar-refractivity contribution is 4.78. The molecule has 3 nitrogen and oxygen atoms in total. The first-order chi connectivity index (χ1) is 7.93. The standard InChI is InChI=1S/C14H30N2O/c1-11(14(2,3)4)9-13(16-15)10-12-5-7-17-8-6-12/h11-13,16H,5-10,15H2,1-4H3. The van der Waals surface area contributed by atoms with Gasteiger partial charge in [-0.3, -0.25) is 11.3 Å². The van der Waals surface area contributed by atoms with Crippen LogP contribution in [0.25, 0.3) is 0 Å². The molecule has 1 saturated heterocycles. The van der Waals surface area contributed by atoms with E-state index in [0.29, 0.717) is 17.4 Å². The van der Waals surface area contributed by atoms with Crippen molar-refractivity contribution in [2.24, 2.45) is 23.1 Å². The number of hydrogen-bond acceptors (Lipinski definition) is 3.